The number of hydrogen-bond acceptors (Lipinski definition) is 7. The Labute approximate surface area is 214 Å². The standard InChI is InChI=1S/C25H22F4N8O/c1-24(2,26)19-18(23(38-4)32-13-31-19)20-30-9-16-10-33-37(22(16)35-20)11-14-5-7-15(8-6-14)21-34-17(12-36(21)3)25(27,28)29/h5-10,12-13H,11H2,1-4H3. The van der Waals surface area contributed by atoms with Crippen LogP contribution >= 0.6 is 0 Å². The van der Waals surface area contributed by atoms with Crippen molar-refractivity contribution in [3.05, 3.63) is 66.1 Å². The van der Waals surface area contributed by atoms with Crippen LogP contribution in [0.15, 0.2) is 49.2 Å². The van der Waals surface area contributed by atoms with Gasteiger partial charge in [-0.25, -0.2) is 34.0 Å². The molecule has 13 heteroatoms. The molecular weight excluding hydrogens is 504 g/mol. The van der Waals surface area contributed by atoms with Crippen LogP contribution in [0.3, 0.4) is 0 Å². The number of halogens is 4. The van der Waals surface area contributed by atoms with Crippen LogP contribution in [0.2, 0.25) is 0 Å². The minimum Gasteiger partial charge on any atom is -0.480 e. The first-order valence-corrected chi connectivity index (χ1v) is 11.4. The summed E-state index contributed by atoms with van der Waals surface area (Å²) in [5.41, 5.74) is -0.554. The molecule has 0 amide bonds. The molecule has 5 rings (SSSR count). The topological polar surface area (TPSA) is 96.4 Å². The predicted octanol–water partition coefficient (Wildman–Crippen LogP) is 4.96. The number of hydrogen-bond donors (Lipinski definition) is 0. The van der Waals surface area contributed by atoms with E-state index in [1.54, 1.807) is 41.3 Å². The number of ether oxygens (including phenoxy) is 1. The van der Waals surface area contributed by atoms with E-state index < -0.39 is 17.5 Å². The highest BCUT2D eigenvalue weighted by atomic mass is 19.4. The third kappa shape index (κ3) is 4.66. The maximum atomic E-state index is 15.0. The van der Waals surface area contributed by atoms with Crippen LogP contribution in [0.5, 0.6) is 5.88 Å². The van der Waals surface area contributed by atoms with Gasteiger partial charge in [-0.15, -0.1) is 0 Å². The van der Waals surface area contributed by atoms with E-state index in [9.17, 15) is 17.6 Å². The van der Waals surface area contributed by atoms with Gasteiger partial charge in [0.25, 0.3) is 0 Å². The lowest BCUT2D eigenvalue weighted by molar-refractivity contribution is -0.140. The second-order valence-electron chi connectivity index (χ2n) is 9.11. The zero-order valence-corrected chi connectivity index (χ0v) is 20.8. The molecule has 0 atom stereocenters. The number of imidazole rings is 1. The molecule has 0 aliphatic rings. The van der Waals surface area contributed by atoms with Gasteiger partial charge in [0, 0.05) is 25.0 Å². The van der Waals surface area contributed by atoms with E-state index in [2.05, 4.69) is 30.0 Å². The summed E-state index contributed by atoms with van der Waals surface area (Å²) in [5, 5.41) is 5.06. The molecule has 0 bridgehead atoms. The van der Waals surface area contributed by atoms with Gasteiger partial charge in [0.15, 0.2) is 17.2 Å². The van der Waals surface area contributed by atoms with Crippen LogP contribution in [0, 0.1) is 0 Å². The minimum absolute atomic E-state index is 0.0910. The number of alkyl halides is 4. The number of fused-ring (bicyclic) bond motifs is 1. The van der Waals surface area contributed by atoms with Gasteiger partial charge in [-0.05, 0) is 19.4 Å². The molecule has 0 spiro atoms. The highest BCUT2D eigenvalue weighted by Gasteiger charge is 2.34. The van der Waals surface area contributed by atoms with Gasteiger partial charge in [-0.1, -0.05) is 24.3 Å². The molecule has 9 nitrogen and oxygen atoms in total. The lowest BCUT2D eigenvalue weighted by atomic mass is 10.0. The summed E-state index contributed by atoms with van der Waals surface area (Å²) in [7, 11) is 2.93. The van der Waals surface area contributed by atoms with Crippen molar-refractivity contribution in [3.8, 4) is 28.7 Å². The van der Waals surface area contributed by atoms with Crippen LogP contribution in [0.1, 0.15) is 30.8 Å². The van der Waals surface area contributed by atoms with E-state index in [4.69, 9.17) is 4.74 Å². The molecule has 0 aliphatic carbocycles. The van der Waals surface area contributed by atoms with Gasteiger partial charge in [0.1, 0.15) is 23.4 Å². The van der Waals surface area contributed by atoms with Crippen LogP contribution in [0.25, 0.3) is 33.8 Å². The Morgan fingerprint density at radius 1 is 0.947 bits per heavy atom. The monoisotopic (exact) mass is 526 g/mol. The lowest BCUT2D eigenvalue weighted by Gasteiger charge is -2.18. The number of rotatable bonds is 6. The van der Waals surface area contributed by atoms with Crippen molar-refractivity contribution in [3.63, 3.8) is 0 Å². The van der Waals surface area contributed by atoms with Crippen molar-refractivity contribution in [2.24, 2.45) is 7.05 Å². The molecule has 0 saturated carbocycles. The molecule has 38 heavy (non-hydrogen) atoms. The van der Waals surface area contributed by atoms with E-state index in [-0.39, 0.29) is 28.8 Å². The predicted molar refractivity (Wildman–Crippen MR) is 130 cm³/mol. The molecule has 1 aromatic carbocycles. The fraction of sp³-hybridized carbons (Fsp3) is 0.280. The maximum Gasteiger partial charge on any atom is 0.434 e. The zero-order valence-electron chi connectivity index (χ0n) is 20.8. The largest absolute Gasteiger partial charge is 0.480 e. The Morgan fingerprint density at radius 3 is 2.32 bits per heavy atom. The van der Waals surface area contributed by atoms with Gasteiger partial charge in [0.05, 0.1) is 30.9 Å². The molecule has 0 fully saturated rings. The number of nitrogens with zero attached hydrogens (tertiary/aromatic N) is 8. The molecule has 4 heterocycles. The molecule has 0 N–H and O–H groups in total. The minimum atomic E-state index is -4.52. The summed E-state index contributed by atoms with van der Waals surface area (Å²) in [6, 6.07) is 6.97. The Hall–Kier alpha value is -4.42. The van der Waals surface area contributed by atoms with Crippen molar-refractivity contribution in [1.82, 2.24) is 39.3 Å². The summed E-state index contributed by atoms with van der Waals surface area (Å²) >= 11 is 0. The van der Waals surface area contributed by atoms with Crippen molar-refractivity contribution >= 4 is 11.0 Å². The Kier molecular flexibility index (Phi) is 6.08. The molecule has 196 valence electrons. The highest BCUT2D eigenvalue weighted by molar-refractivity contribution is 5.77. The first-order chi connectivity index (χ1) is 18.0. The fourth-order valence-electron chi connectivity index (χ4n) is 4.08. The number of aromatic nitrogens is 8. The molecular formula is C25H22F4N8O. The van der Waals surface area contributed by atoms with Gasteiger partial charge >= 0.3 is 6.18 Å². The third-order valence-corrected chi connectivity index (χ3v) is 5.88. The normalized spacial score (nSPS) is 12.3. The van der Waals surface area contributed by atoms with E-state index in [1.165, 1.54) is 38.9 Å². The third-order valence-electron chi connectivity index (χ3n) is 5.88. The van der Waals surface area contributed by atoms with Gasteiger partial charge in [-0.2, -0.15) is 18.3 Å². The van der Waals surface area contributed by atoms with E-state index >= 15 is 0 Å². The maximum absolute atomic E-state index is 15.0. The highest BCUT2D eigenvalue weighted by Crippen LogP contribution is 2.36. The number of methoxy groups -OCH3 is 1. The summed E-state index contributed by atoms with van der Waals surface area (Å²) in [5.74, 6) is 0.532. The van der Waals surface area contributed by atoms with Crippen LogP contribution < -0.4 is 4.74 Å². The van der Waals surface area contributed by atoms with E-state index in [1.807, 2.05) is 0 Å². The Morgan fingerprint density at radius 2 is 1.68 bits per heavy atom. The molecule has 0 radical (unpaired) electrons. The van der Waals surface area contributed by atoms with Crippen LogP contribution in [-0.4, -0.2) is 46.4 Å². The zero-order chi connectivity index (χ0) is 27.2. The molecule has 5 aromatic rings. The van der Waals surface area contributed by atoms with Crippen molar-refractivity contribution in [2.75, 3.05) is 7.11 Å². The first kappa shape index (κ1) is 25.2. The molecule has 0 aliphatic heterocycles. The summed E-state index contributed by atoms with van der Waals surface area (Å²) in [4.78, 5) is 20.9. The first-order valence-electron chi connectivity index (χ1n) is 11.4. The van der Waals surface area contributed by atoms with Gasteiger partial charge < -0.3 is 9.30 Å². The summed E-state index contributed by atoms with van der Waals surface area (Å²) in [6.45, 7) is 3.07. The Balaban J connectivity index is 1.48. The molecule has 0 saturated heterocycles. The fourth-order valence-corrected chi connectivity index (χ4v) is 4.08. The number of benzene rings is 1. The number of aryl methyl sites for hydroxylation is 1. The molecule has 0 unspecified atom stereocenters. The summed E-state index contributed by atoms with van der Waals surface area (Å²) < 4.78 is 62.4. The van der Waals surface area contributed by atoms with Crippen LogP contribution in [0.4, 0.5) is 17.6 Å². The van der Waals surface area contributed by atoms with E-state index in [0.29, 0.717) is 23.1 Å². The van der Waals surface area contributed by atoms with Crippen molar-refractivity contribution in [2.45, 2.75) is 32.2 Å². The van der Waals surface area contributed by atoms with Crippen LogP contribution in [-0.2, 0) is 25.4 Å². The Bertz CT molecular complexity index is 1620. The second kappa shape index (κ2) is 9.15. The average molecular weight is 526 g/mol. The SMILES string of the molecule is COc1ncnc(C(C)(C)F)c1-c1ncc2cnn(Cc3ccc(-c4nc(C(F)(F)F)cn4C)cc3)c2n1. The smallest absolute Gasteiger partial charge is 0.434 e. The van der Waals surface area contributed by atoms with Crippen molar-refractivity contribution in [1.29, 1.82) is 0 Å². The van der Waals surface area contributed by atoms with E-state index in [0.717, 1.165) is 11.8 Å². The molecule has 4 aromatic heterocycles. The van der Waals surface area contributed by atoms with Gasteiger partial charge in [0.2, 0.25) is 5.88 Å². The quantitative estimate of drug-likeness (QED) is 0.289. The average Bonchev–Trinajstić information content (AvgIpc) is 3.46. The summed E-state index contributed by atoms with van der Waals surface area (Å²) in [6.07, 6.45) is 0.844. The van der Waals surface area contributed by atoms with Gasteiger partial charge in [-0.3, -0.25) is 0 Å². The second-order valence-corrected chi connectivity index (χ2v) is 9.11. The van der Waals surface area contributed by atoms with Crippen molar-refractivity contribution < 1.29 is 22.3 Å². The lowest BCUT2D eigenvalue weighted by Crippen LogP contribution is -2.15.